The van der Waals surface area contributed by atoms with E-state index in [1.807, 2.05) is 68.6 Å². The normalized spacial score (nSPS) is 16.2. The van der Waals surface area contributed by atoms with E-state index in [0.29, 0.717) is 31.2 Å². The second kappa shape index (κ2) is 10.7. The average molecular weight is 497 g/mol. The number of sulfonamides is 1. The van der Waals surface area contributed by atoms with E-state index in [1.165, 1.54) is 22.3 Å². The Morgan fingerprint density at radius 1 is 0.971 bits per heavy atom. The fourth-order valence-electron chi connectivity index (χ4n) is 3.70. The van der Waals surface area contributed by atoms with Crippen LogP contribution >= 0.6 is 11.8 Å². The van der Waals surface area contributed by atoms with Gasteiger partial charge in [0.05, 0.1) is 10.3 Å². The number of carbonyl (C=O) groups is 1. The molecule has 178 valence electrons. The number of para-hydroxylation sites is 1. The Morgan fingerprint density at radius 2 is 1.65 bits per heavy atom. The van der Waals surface area contributed by atoms with Crippen LogP contribution in [0.4, 0.5) is 5.69 Å². The predicted octanol–water partition coefficient (Wildman–Crippen LogP) is 3.80. The van der Waals surface area contributed by atoms with E-state index < -0.39 is 15.3 Å². The molecule has 0 spiro atoms. The maximum atomic E-state index is 12.9. The Labute approximate surface area is 205 Å². The number of benzene rings is 2. The highest BCUT2D eigenvalue weighted by molar-refractivity contribution is 8.00. The number of anilines is 1. The van der Waals surface area contributed by atoms with E-state index >= 15 is 0 Å². The fraction of sp³-hybridized carbons (Fsp3) is 0.280. The van der Waals surface area contributed by atoms with Crippen molar-refractivity contribution in [3.8, 4) is 11.1 Å². The third-order valence-electron chi connectivity index (χ3n) is 5.75. The topological polar surface area (TPSA) is 82.6 Å². The molecule has 1 N–H and O–H groups in total. The molecule has 1 saturated heterocycles. The van der Waals surface area contributed by atoms with Gasteiger partial charge in [0, 0.05) is 43.6 Å². The van der Waals surface area contributed by atoms with E-state index in [4.69, 9.17) is 0 Å². The lowest BCUT2D eigenvalue weighted by molar-refractivity contribution is -0.115. The van der Waals surface area contributed by atoms with Gasteiger partial charge in [-0.15, -0.1) is 0 Å². The number of amides is 1. The summed E-state index contributed by atoms with van der Waals surface area (Å²) in [4.78, 5) is 19.5. The Bertz CT molecular complexity index is 1230. The maximum absolute atomic E-state index is 12.9. The Morgan fingerprint density at radius 3 is 2.32 bits per heavy atom. The molecule has 7 nitrogen and oxygen atoms in total. The van der Waals surface area contributed by atoms with Gasteiger partial charge in [0.15, 0.2) is 0 Å². The van der Waals surface area contributed by atoms with E-state index in [1.54, 1.807) is 12.1 Å². The zero-order chi connectivity index (χ0) is 24.1. The zero-order valence-corrected chi connectivity index (χ0v) is 20.8. The van der Waals surface area contributed by atoms with Crippen LogP contribution in [0, 0.1) is 0 Å². The van der Waals surface area contributed by atoms with E-state index in [9.17, 15) is 13.2 Å². The van der Waals surface area contributed by atoms with Gasteiger partial charge in [0.2, 0.25) is 15.9 Å². The zero-order valence-electron chi connectivity index (χ0n) is 19.2. The van der Waals surface area contributed by atoms with Crippen LogP contribution in [-0.4, -0.2) is 67.0 Å². The minimum absolute atomic E-state index is 0.149. The van der Waals surface area contributed by atoms with Gasteiger partial charge in [-0.1, -0.05) is 60.3 Å². The molecule has 2 heterocycles. The monoisotopic (exact) mass is 496 g/mol. The molecule has 0 radical (unpaired) electrons. The van der Waals surface area contributed by atoms with Crippen LogP contribution in [0.2, 0.25) is 0 Å². The van der Waals surface area contributed by atoms with Crippen LogP contribution < -0.4 is 5.32 Å². The van der Waals surface area contributed by atoms with Crippen LogP contribution in [-0.2, 0) is 14.8 Å². The fourth-order valence-corrected chi connectivity index (χ4v) is 5.85. The summed E-state index contributed by atoms with van der Waals surface area (Å²) in [5.41, 5.74) is 2.72. The number of hydrogen-bond acceptors (Lipinski definition) is 6. The van der Waals surface area contributed by atoms with Crippen molar-refractivity contribution in [2.45, 2.75) is 22.1 Å². The van der Waals surface area contributed by atoms with Crippen LogP contribution in [0.3, 0.4) is 0 Å². The predicted molar refractivity (Wildman–Crippen MR) is 136 cm³/mol. The summed E-state index contributed by atoms with van der Waals surface area (Å²) < 4.78 is 27.3. The van der Waals surface area contributed by atoms with E-state index in [2.05, 4.69) is 15.2 Å². The number of nitrogens with one attached hydrogen (secondary N) is 1. The number of piperazine rings is 1. The van der Waals surface area contributed by atoms with E-state index in [0.717, 1.165) is 16.8 Å². The first kappa shape index (κ1) is 24.4. The summed E-state index contributed by atoms with van der Waals surface area (Å²) in [5, 5.41) is 3.19. The van der Waals surface area contributed by atoms with Crippen molar-refractivity contribution in [2.75, 3.05) is 38.5 Å². The highest BCUT2D eigenvalue weighted by atomic mass is 32.2. The number of hydrogen-bond donors (Lipinski definition) is 1. The quantitative estimate of drug-likeness (QED) is 0.501. The molecule has 2 aromatic carbocycles. The van der Waals surface area contributed by atoms with Crippen molar-refractivity contribution >= 4 is 33.4 Å². The molecule has 34 heavy (non-hydrogen) atoms. The third-order valence-corrected chi connectivity index (χ3v) is 8.68. The molecule has 9 heteroatoms. The molecule has 1 atom stereocenters. The van der Waals surface area contributed by atoms with Crippen molar-refractivity contribution in [2.24, 2.45) is 0 Å². The van der Waals surface area contributed by atoms with Crippen LogP contribution in [0.25, 0.3) is 11.1 Å². The number of likely N-dealkylation sites (N-methyl/N-ethyl adjacent to an activating group) is 1. The number of nitrogens with zero attached hydrogens (tertiary/aromatic N) is 3. The Balaban J connectivity index is 1.41. The minimum atomic E-state index is -3.56. The second-order valence-corrected chi connectivity index (χ2v) is 11.5. The van der Waals surface area contributed by atoms with Gasteiger partial charge in [-0.2, -0.15) is 4.31 Å². The highest BCUT2D eigenvalue weighted by Gasteiger charge is 2.28. The van der Waals surface area contributed by atoms with E-state index in [-0.39, 0.29) is 10.8 Å². The summed E-state index contributed by atoms with van der Waals surface area (Å²) in [5.74, 6) is -0.149. The molecule has 1 aromatic heterocycles. The number of pyridine rings is 1. The molecule has 3 aromatic rings. The lowest BCUT2D eigenvalue weighted by Crippen LogP contribution is -2.47. The molecule has 1 fully saturated rings. The molecular formula is C25H28N4O3S2. The summed E-state index contributed by atoms with van der Waals surface area (Å²) in [6.07, 6.45) is 1.38. The van der Waals surface area contributed by atoms with Crippen LogP contribution in [0.5, 0.6) is 0 Å². The van der Waals surface area contributed by atoms with Gasteiger partial charge in [-0.05, 0) is 37.7 Å². The van der Waals surface area contributed by atoms with Crippen LogP contribution in [0.1, 0.15) is 6.92 Å². The lowest BCUT2D eigenvalue weighted by Gasteiger charge is -2.31. The van der Waals surface area contributed by atoms with Crippen molar-refractivity contribution in [1.82, 2.24) is 14.2 Å². The first-order chi connectivity index (χ1) is 16.3. The van der Waals surface area contributed by atoms with Gasteiger partial charge in [0.1, 0.15) is 4.90 Å². The Kier molecular flexibility index (Phi) is 7.67. The highest BCUT2D eigenvalue weighted by Crippen LogP contribution is 2.29. The Hall–Kier alpha value is -2.72. The summed E-state index contributed by atoms with van der Waals surface area (Å²) in [6.45, 7) is 4.16. The number of aromatic nitrogens is 1. The number of carbonyl (C=O) groups excluding carboxylic acids is 1. The molecule has 0 bridgehead atoms. The molecule has 1 amide bonds. The largest absolute Gasteiger partial charge is 0.325 e. The average Bonchev–Trinajstić information content (AvgIpc) is 2.85. The summed E-state index contributed by atoms with van der Waals surface area (Å²) in [7, 11) is -1.58. The lowest BCUT2D eigenvalue weighted by atomic mass is 10.0. The van der Waals surface area contributed by atoms with Crippen molar-refractivity contribution < 1.29 is 13.2 Å². The minimum Gasteiger partial charge on any atom is -0.325 e. The molecule has 4 rings (SSSR count). The van der Waals surface area contributed by atoms with Crippen molar-refractivity contribution in [3.05, 3.63) is 72.9 Å². The van der Waals surface area contributed by atoms with Gasteiger partial charge >= 0.3 is 0 Å². The first-order valence-corrected chi connectivity index (χ1v) is 13.4. The maximum Gasteiger partial charge on any atom is 0.244 e. The summed E-state index contributed by atoms with van der Waals surface area (Å²) in [6, 6.07) is 20.8. The second-order valence-electron chi connectivity index (χ2n) is 8.20. The molecule has 1 aliphatic rings. The van der Waals surface area contributed by atoms with Crippen LogP contribution in [0.15, 0.2) is 82.8 Å². The summed E-state index contributed by atoms with van der Waals surface area (Å²) >= 11 is 1.29. The molecule has 1 aliphatic heterocycles. The number of rotatable bonds is 7. The van der Waals surface area contributed by atoms with Gasteiger partial charge in [-0.25, -0.2) is 13.4 Å². The van der Waals surface area contributed by atoms with Gasteiger partial charge < -0.3 is 10.2 Å². The molecular weight excluding hydrogens is 468 g/mol. The van der Waals surface area contributed by atoms with Gasteiger partial charge in [0.25, 0.3) is 0 Å². The van der Waals surface area contributed by atoms with Gasteiger partial charge in [-0.3, -0.25) is 4.79 Å². The third kappa shape index (κ3) is 5.67. The molecule has 1 unspecified atom stereocenters. The SMILES string of the molecule is CC(Sc1ccc(S(=O)(=O)N2CCN(C)CC2)cn1)C(=O)Nc1ccccc1-c1ccccc1. The first-order valence-electron chi connectivity index (χ1n) is 11.1. The van der Waals surface area contributed by atoms with Crippen molar-refractivity contribution in [3.63, 3.8) is 0 Å². The molecule has 0 aliphatic carbocycles. The van der Waals surface area contributed by atoms with Crippen molar-refractivity contribution in [1.29, 1.82) is 0 Å². The standard InChI is InChI=1S/C25H28N4O3S2/c1-19(25(30)27-23-11-7-6-10-22(23)20-8-4-3-5-9-20)33-24-13-12-21(18-26-24)34(31,32)29-16-14-28(2)15-17-29/h3-13,18-19H,14-17H2,1-2H3,(H,27,30). The molecule has 0 saturated carbocycles. The smallest absolute Gasteiger partial charge is 0.244 e. The number of thioether (sulfide) groups is 1.